The van der Waals surface area contributed by atoms with Gasteiger partial charge in [0.2, 0.25) is 5.28 Å². The first-order valence-corrected chi connectivity index (χ1v) is 10.0. The second-order valence-corrected chi connectivity index (χ2v) is 8.31. The summed E-state index contributed by atoms with van der Waals surface area (Å²) in [5.74, 6) is -0.197. The highest BCUT2D eigenvalue weighted by molar-refractivity contribution is 6.28. The summed E-state index contributed by atoms with van der Waals surface area (Å²) < 4.78 is 13.9. The van der Waals surface area contributed by atoms with Crippen LogP contribution in [0.4, 0.5) is 26.5 Å². The molecule has 31 heavy (non-hydrogen) atoms. The minimum absolute atomic E-state index is 0.00636. The van der Waals surface area contributed by atoms with Gasteiger partial charge in [-0.2, -0.15) is 4.98 Å². The van der Waals surface area contributed by atoms with Crippen molar-refractivity contribution in [3.8, 4) is 0 Å². The van der Waals surface area contributed by atoms with E-state index in [0.29, 0.717) is 24.3 Å². The molecule has 0 aliphatic rings. The number of hydrogen-bond acceptors (Lipinski definition) is 5. The van der Waals surface area contributed by atoms with E-state index in [4.69, 9.17) is 11.6 Å². The van der Waals surface area contributed by atoms with Crippen LogP contribution < -0.4 is 10.2 Å². The topological polar surface area (TPSA) is 91.2 Å². The van der Waals surface area contributed by atoms with Crippen LogP contribution in [-0.2, 0) is 12.8 Å². The molecule has 1 amide bonds. The van der Waals surface area contributed by atoms with Crippen LogP contribution in [0, 0.1) is 5.82 Å². The number of aryl methyl sites for hydroxylation is 2. The quantitative estimate of drug-likeness (QED) is 0.490. The van der Waals surface area contributed by atoms with Crippen molar-refractivity contribution >= 4 is 35.0 Å². The van der Waals surface area contributed by atoms with E-state index in [2.05, 4.69) is 20.3 Å². The van der Waals surface area contributed by atoms with Crippen LogP contribution in [0.1, 0.15) is 31.9 Å². The second kappa shape index (κ2) is 9.26. The molecule has 0 atom stereocenters. The lowest BCUT2D eigenvalue weighted by Crippen LogP contribution is -2.45. The fourth-order valence-electron chi connectivity index (χ4n) is 3.13. The van der Waals surface area contributed by atoms with Crippen LogP contribution in [0.5, 0.6) is 0 Å². The lowest BCUT2D eigenvalue weighted by atomic mass is 10.0. The van der Waals surface area contributed by atoms with Gasteiger partial charge in [-0.15, -0.1) is 0 Å². The Bertz CT molecular complexity index is 1090. The van der Waals surface area contributed by atoms with Gasteiger partial charge in [0.15, 0.2) is 11.6 Å². The van der Waals surface area contributed by atoms with E-state index in [1.165, 1.54) is 4.90 Å². The Morgan fingerprint density at radius 3 is 2.55 bits per heavy atom. The van der Waals surface area contributed by atoms with Gasteiger partial charge in [0, 0.05) is 17.4 Å². The molecule has 162 valence electrons. The Hall–Kier alpha value is -3.26. The first-order valence-electron chi connectivity index (χ1n) is 9.65. The number of anilines is 3. The largest absolute Gasteiger partial charge is 0.465 e. The predicted molar refractivity (Wildman–Crippen MR) is 119 cm³/mol. The number of pyridine rings is 1. The molecular weight excluding hydrogens is 421 g/mol. The highest BCUT2D eigenvalue weighted by Crippen LogP contribution is 2.24. The van der Waals surface area contributed by atoms with E-state index < -0.39 is 17.4 Å². The Labute approximate surface area is 184 Å². The SMILES string of the molecule is CC(C)(C)N(C(=O)O)c1cc(CCc2cccc(Nc3nc(Cl)ncc3F)c2)ccn1. The molecule has 0 unspecified atom stereocenters. The third-order valence-corrected chi connectivity index (χ3v) is 4.69. The zero-order valence-electron chi connectivity index (χ0n) is 17.4. The van der Waals surface area contributed by atoms with Crippen molar-refractivity contribution in [2.24, 2.45) is 0 Å². The summed E-state index contributed by atoms with van der Waals surface area (Å²) in [4.78, 5) is 24.7. The molecule has 0 saturated carbocycles. The highest BCUT2D eigenvalue weighted by Gasteiger charge is 2.28. The predicted octanol–water partition coefficient (Wildman–Crippen LogP) is 5.48. The molecule has 2 aromatic heterocycles. The zero-order valence-corrected chi connectivity index (χ0v) is 18.2. The van der Waals surface area contributed by atoms with E-state index in [1.54, 1.807) is 18.3 Å². The monoisotopic (exact) mass is 443 g/mol. The van der Waals surface area contributed by atoms with E-state index in [9.17, 15) is 14.3 Å². The van der Waals surface area contributed by atoms with Crippen molar-refractivity contribution in [1.29, 1.82) is 0 Å². The number of carboxylic acid groups (broad SMARTS) is 1. The standard InChI is InChI=1S/C22H23ClFN5O2/c1-22(2,3)29(21(30)31)18-12-15(9-10-25-18)8-7-14-5-4-6-16(11-14)27-19-17(24)13-26-20(23)28-19/h4-6,9-13H,7-8H2,1-3H3,(H,30,31)(H,26,27,28). The molecule has 2 N–H and O–H groups in total. The fraction of sp³-hybridized carbons (Fsp3) is 0.273. The second-order valence-electron chi connectivity index (χ2n) is 7.97. The van der Waals surface area contributed by atoms with Crippen molar-refractivity contribution in [2.45, 2.75) is 39.2 Å². The van der Waals surface area contributed by atoms with E-state index in [1.807, 2.05) is 45.0 Å². The summed E-state index contributed by atoms with van der Waals surface area (Å²) in [5, 5.41) is 12.5. The lowest BCUT2D eigenvalue weighted by Gasteiger charge is -2.32. The third kappa shape index (κ3) is 5.88. The van der Waals surface area contributed by atoms with Crippen molar-refractivity contribution in [1.82, 2.24) is 15.0 Å². The van der Waals surface area contributed by atoms with Gasteiger partial charge in [0.05, 0.1) is 6.20 Å². The summed E-state index contributed by atoms with van der Waals surface area (Å²) in [7, 11) is 0. The van der Waals surface area contributed by atoms with Crippen molar-refractivity contribution in [3.63, 3.8) is 0 Å². The number of nitrogens with one attached hydrogen (secondary N) is 1. The third-order valence-electron chi connectivity index (χ3n) is 4.51. The van der Waals surface area contributed by atoms with Crippen LogP contribution in [-0.4, -0.2) is 31.7 Å². The van der Waals surface area contributed by atoms with Gasteiger partial charge in [0.25, 0.3) is 0 Å². The van der Waals surface area contributed by atoms with Crippen molar-refractivity contribution in [3.05, 3.63) is 71.0 Å². The number of amides is 1. The van der Waals surface area contributed by atoms with Crippen molar-refractivity contribution < 1.29 is 14.3 Å². The number of halogens is 2. The molecule has 0 saturated heterocycles. The Morgan fingerprint density at radius 2 is 1.87 bits per heavy atom. The maximum absolute atomic E-state index is 13.9. The normalized spacial score (nSPS) is 11.3. The zero-order chi connectivity index (χ0) is 22.6. The number of hydrogen-bond donors (Lipinski definition) is 2. The molecule has 3 aromatic rings. The summed E-state index contributed by atoms with van der Waals surface area (Å²) in [5.41, 5.74) is 2.05. The number of nitrogens with zero attached hydrogens (tertiary/aromatic N) is 4. The van der Waals surface area contributed by atoms with E-state index in [-0.39, 0.29) is 11.1 Å². The Morgan fingerprint density at radius 1 is 1.16 bits per heavy atom. The molecule has 0 bridgehead atoms. The van der Waals surface area contributed by atoms with Gasteiger partial charge in [-0.1, -0.05) is 12.1 Å². The maximum atomic E-state index is 13.9. The molecule has 0 aliphatic carbocycles. The average molecular weight is 444 g/mol. The minimum atomic E-state index is -1.05. The van der Waals surface area contributed by atoms with Gasteiger partial charge in [-0.3, -0.25) is 4.90 Å². The molecule has 2 heterocycles. The van der Waals surface area contributed by atoms with Crippen LogP contribution in [0.2, 0.25) is 5.28 Å². The van der Waals surface area contributed by atoms with Gasteiger partial charge in [-0.25, -0.2) is 19.2 Å². The molecular formula is C22H23ClFN5O2. The van der Waals surface area contributed by atoms with Crippen LogP contribution >= 0.6 is 11.6 Å². The first-order chi connectivity index (χ1) is 14.6. The van der Waals surface area contributed by atoms with E-state index >= 15 is 0 Å². The Balaban J connectivity index is 1.73. The van der Waals surface area contributed by atoms with E-state index in [0.717, 1.165) is 17.3 Å². The molecule has 0 radical (unpaired) electrons. The van der Waals surface area contributed by atoms with Crippen LogP contribution in [0.25, 0.3) is 0 Å². The first kappa shape index (κ1) is 22.4. The molecule has 1 aromatic carbocycles. The molecule has 0 fully saturated rings. The number of rotatable bonds is 6. The summed E-state index contributed by atoms with van der Waals surface area (Å²) in [6.07, 6.45) is 2.97. The Kier molecular flexibility index (Phi) is 6.70. The molecule has 0 spiro atoms. The molecule has 9 heteroatoms. The van der Waals surface area contributed by atoms with Crippen molar-refractivity contribution in [2.75, 3.05) is 10.2 Å². The average Bonchev–Trinajstić information content (AvgIpc) is 2.68. The van der Waals surface area contributed by atoms with Crippen LogP contribution in [0.3, 0.4) is 0 Å². The van der Waals surface area contributed by atoms with Crippen LogP contribution in [0.15, 0.2) is 48.8 Å². The summed E-state index contributed by atoms with van der Waals surface area (Å²) >= 11 is 5.74. The van der Waals surface area contributed by atoms with Gasteiger partial charge >= 0.3 is 6.09 Å². The number of carbonyl (C=O) groups is 1. The summed E-state index contributed by atoms with van der Waals surface area (Å²) in [6.45, 7) is 5.46. The smallest absolute Gasteiger partial charge is 0.413 e. The van der Waals surface area contributed by atoms with Gasteiger partial charge in [0.1, 0.15) is 5.82 Å². The summed E-state index contributed by atoms with van der Waals surface area (Å²) in [6, 6.07) is 11.2. The number of benzene rings is 1. The molecule has 0 aliphatic heterocycles. The fourth-order valence-corrected chi connectivity index (χ4v) is 3.26. The molecule has 3 rings (SSSR count). The van der Waals surface area contributed by atoms with Gasteiger partial charge in [-0.05, 0) is 80.6 Å². The molecule has 7 nitrogen and oxygen atoms in total. The lowest BCUT2D eigenvalue weighted by molar-refractivity contribution is 0.195. The highest BCUT2D eigenvalue weighted by atomic mass is 35.5. The van der Waals surface area contributed by atoms with Gasteiger partial charge < -0.3 is 10.4 Å². The maximum Gasteiger partial charge on any atom is 0.413 e. The minimum Gasteiger partial charge on any atom is -0.465 e. The number of aromatic nitrogens is 3.